The molecule has 0 N–H and O–H groups in total. The highest BCUT2D eigenvalue weighted by atomic mass is 15.6. The van der Waals surface area contributed by atoms with E-state index in [-0.39, 0.29) is 0 Å². The third-order valence-electron chi connectivity index (χ3n) is 5.61. The lowest BCUT2D eigenvalue weighted by molar-refractivity contribution is 0.0870. The molecule has 1 aromatic rings. The van der Waals surface area contributed by atoms with Crippen molar-refractivity contribution in [3.05, 3.63) is 5.82 Å². The van der Waals surface area contributed by atoms with E-state index in [0.717, 1.165) is 25.5 Å². The lowest BCUT2D eigenvalue weighted by Gasteiger charge is -2.38. The Kier molecular flexibility index (Phi) is 6.00. The molecule has 0 radical (unpaired) electrons. The summed E-state index contributed by atoms with van der Waals surface area (Å²) in [4.78, 5) is 5.16. The van der Waals surface area contributed by atoms with Crippen LogP contribution in [-0.4, -0.2) is 62.7 Å². The van der Waals surface area contributed by atoms with Crippen LogP contribution in [0.1, 0.15) is 76.7 Å². The summed E-state index contributed by atoms with van der Waals surface area (Å²) in [6.45, 7) is 10.3. The molecule has 1 aliphatic carbocycles. The molecular formula is C17H32N6. The SMILES string of the molecule is CCCC[C@@H](c1nnnn1C1CCCC1)N1CCN(CC)CC1. The molecule has 2 heterocycles. The van der Waals surface area contributed by atoms with Gasteiger partial charge in [0.15, 0.2) is 5.82 Å². The summed E-state index contributed by atoms with van der Waals surface area (Å²) < 4.78 is 2.17. The molecule has 3 rings (SSSR count). The summed E-state index contributed by atoms with van der Waals surface area (Å²) in [5.74, 6) is 1.12. The second-order valence-electron chi connectivity index (χ2n) is 7.05. The van der Waals surface area contributed by atoms with Crippen molar-refractivity contribution in [3.8, 4) is 0 Å². The van der Waals surface area contributed by atoms with Gasteiger partial charge >= 0.3 is 0 Å². The molecular weight excluding hydrogens is 288 g/mol. The topological polar surface area (TPSA) is 50.1 Å². The summed E-state index contributed by atoms with van der Waals surface area (Å²) in [6.07, 6.45) is 8.77. The summed E-state index contributed by atoms with van der Waals surface area (Å²) >= 11 is 0. The van der Waals surface area contributed by atoms with Gasteiger partial charge in [-0.3, -0.25) is 4.90 Å². The van der Waals surface area contributed by atoms with E-state index in [2.05, 4.69) is 43.9 Å². The maximum absolute atomic E-state index is 4.47. The number of rotatable bonds is 7. The molecule has 0 bridgehead atoms. The minimum atomic E-state index is 0.393. The summed E-state index contributed by atoms with van der Waals surface area (Å²) in [6, 6.07) is 0.922. The first-order chi connectivity index (χ1) is 11.3. The van der Waals surface area contributed by atoms with E-state index in [0.29, 0.717) is 12.1 Å². The normalized spacial score (nSPS) is 22.7. The van der Waals surface area contributed by atoms with Gasteiger partial charge in [0.05, 0.1) is 12.1 Å². The molecule has 130 valence electrons. The number of likely N-dealkylation sites (N-methyl/N-ethyl adjacent to an activating group) is 1. The maximum atomic E-state index is 4.47. The number of hydrogen-bond donors (Lipinski definition) is 0. The predicted molar refractivity (Wildman–Crippen MR) is 91.3 cm³/mol. The molecule has 0 unspecified atom stereocenters. The molecule has 0 amide bonds. The van der Waals surface area contributed by atoms with Gasteiger partial charge in [-0.2, -0.15) is 0 Å². The van der Waals surface area contributed by atoms with E-state index in [4.69, 9.17) is 0 Å². The zero-order valence-electron chi connectivity index (χ0n) is 14.8. The van der Waals surface area contributed by atoms with Crippen LogP contribution >= 0.6 is 0 Å². The van der Waals surface area contributed by atoms with Crippen LogP contribution in [0.4, 0.5) is 0 Å². The average molecular weight is 320 g/mol. The van der Waals surface area contributed by atoms with Crippen LogP contribution in [0.25, 0.3) is 0 Å². The molecule has 6 heteroatoms. The number of aromatic nitrogens is 4. The summed E-state index contributed by atoms with van der Waals surface area (Å²) in [5.41, 5.74) is 0. The first-order valence-electron chi connectivity index (χ1n) is 9.57. The van der Waals surface area contributed by atoms with Gasteiger partial charge in [-0.1, -0.05) is 39.5 Å². The second-order valence-corrected chi connectivity index (χ2v) is 7.05. The molecule has 23 heavy (non-hydrogen) atoms. The second kappa shape index (κ2) is 8.20. The van der Waals surface area contributed by atoms with Crippen LogP contribution < -0.4 is 0 Å². The lowest BCUT2D eigenvalue weighted by Crippen LogP contribution is -2.48. The van der Waals surface area contributed by atoms with Crippen LogP contribution in [-0.2, 0) is 0 Å². The molecule has 1 aliphatic heterocycles. The third kappa shape index (κ3) is 3.91. The van der Waals surface area contributed by atoms with Gasteiger partial charge in [0.2, 0.25) is 0 Å². The van der Waals surface area contributed by atoms with Crippen molar-refractivity contribution in [1.82, 2.24) is 30.0 Å². The van der Waals surface area contributed by atoms with Crippen molar-refractivity contribution >= 4 is 0 Å². The Bertz CT molecular complexity index is 459. The van der Waals surface area contributed by atoms with Crippen molar-refractivity contribution in [3.63, 3.8) is 0 Å². The van der Waals surface area contributed by atoms with Crippen molar-refractivity contribution in [1.29, 1.82) is 0 Å². The standard InChI is InChI=1S/C17H32N6/c1-3-5-10-16(22-13-11-21(4-2)12-14-22)17-18-19-20-23(17)15-8-6-7-9-15/h15-16H,3-14H2,1-2H3/t16-/m0/s1. The van der Waals surface area contributed by atoms with E-state index in [1.165, 1.54) is 58.0 Å². The zero-order chi connectivity index (χ0) is 16.1. The van der Waals surface area contributed by atoms with Gasteiger partial charge in [0, 0.05) is 26.2 Å². The highest BCUT2D eigenvalue weighted by Crippen LogP contribution is 2.33. The van der Waals surface area contributed by atoms with E-state index in [1.54, 1.807) is 0 Å². The molecule has 0 spiro atoms. The maximum Gasteiger partial charge on any atom is 0.168 e. The Morgan fingerprint density at radius 3 is 2.48 bits per heavy atom. The Morgan fingerprint density at radius 1 is 1.09 bits per heavy atom. The highest BCUT2D eigenvalue weighted by molar-refractivity contribution is 4.97. The fourth-order valence-corrected chi connectivity index (χ4v) is 4.09. The van der Waals surface area contributed by atoms with Gasteiger partial charge in [-0.25, -0.2) is 4.68 Å². The van der Waals surface area contributed by atoms with E-state index >= 15 is 0 Å². The number of hydrogen-bond acceptors (Lipinski definition) is 5. The average Bonchev–Trinajstić information content (AvgIpc) is 3.27. The number of tetrazole rings is 1. The predicted octanol–water partition coefficient (Wildman–Crippen LogP) is 2.66. The lowest BCUT2D eigenvalue weighted by atomic mass is 10.1. The number of unbranched alkanes of at least 4 members (excludes halogenated alkanes) is 1. The van der Waals surface area contributed by atoms with Crippen molar-refractivity contribution in [2.45, 2.75) is 70.9 Å². The largest absolute Gasteiger partial charge is 0.301 e. The van der Waals surface area contributed by atoms with Gasteiger partial charge in [0.1, 0.15) is 0 Å². The van der Waals surface area contributed by atoms with E-state index < -0.39 is 0 Å². The van der Waals surface area contributed by atoms with Crippen molar-refractivity contribution in [2.75, 3.05) is 32.7 Å². The molecule has 2 aliphatic rings. The van der Waals surface area contributed by atoms with Gasteiger partial charge in [-0.05, 0) is 36.2 Å². The first-order valence-corrected chi connectivity index (χ1v) is 9.57. The van der Waals surface area contributed by atoms with Crippen molar-refractivity contribution in [2.24, 2.45) is 0 Å². The zero-order valence-corrected chi connectivity index (χ0v) is 14.8. The molecule has 1 atom stereocenters. The van der Waals surface area contributed by atoms with Crippen LogP contribution in [0.3, 0.4) is 0 Å². The number of nitrogens with zero attached hydrogens (tertiary/aromatic N) is 6. The highest BCUT2D eigenvalue weighted by Gasteiger charge is 2.31. The molecule has 6 nitrogen and oxygen atoms in total. The minimum absolute atomic E-state index is 0.393. The quantitative estimate of drug-likeness (QED) is 0.773. The van der Waals surface area contributed by atoms with Gasteiger partial charge < -0.3 is 4.90 Å². The first kappa shape index (κ1) is 16.8. The van der Waals surface area contributed by atoms with Crippen LogP contribution in [0.2, 0.25) is 0 Å². The molecule has 1 aromatic heterocycles. The van der Waals surface area contributed by atoms with Crippen molar-refractivity contribution < 1.29 is 0 Å². The molecule has 1 saturated carbocycles. The smallest absolute Gasteiger partial charge is 0.168 e. The summed E-state index contributed by atoms with van der Waals surface area (Å²) in [5, 5.41) is 12.9. The molecule has 2 fully saturated rings. The van der Waals surface area contributed by atoms with Gasteiger partial charge in [-0.15, -0.1) is 5.10 Å². The van der Waals surface area contributed by atoms with Crippen LogP contribution in [0.15, 0.2) is 0 Å². The number of piperazine rings is 1. The Hall–Kier alpha value is -1.01. The van der Waals surface area contributed by atoms with E-state index in [1.807, 2.05) is 0 Å². The molecule has 1 saturated heterocycles. The van der Waals surface area contributed by atoms with Crippen LogP contribution in [0, 0.1) is 0 Å². The Morgan fingerprint density at radius 2 is 1.83 bits per heavy atom. The fourth-order valence-electron chi connectivity index (χ4n) is 4.09. The molecule has 0 aromatic carbocycles. The third-order valence-corrected chi connectivity index (χ3v) is 5.61. The van der Waals surface area contributed by atoms with E-state index in [9.17, 15) is 0 Å². The fraction of sp³-hybridized carbons (Fsp3) is 0.941. The van der Waals surface area contributed by atoms with Crippen LogP contribution in [0.5, 0.6) is 0 Å². The monoisotopic (exact) mass is 320 g/mol. The summed E-state index contributed by atoms with van der Waals surface area (Å²) in [7, 11) is 0. The Labute approximate surface area is 140 Å². The van der Waals surface area contributed by atoms with Gasteiger partial charge in [0.25, 0.3) is 0 Å². The Balaban J connectivity index is 1.75. The minimum Gasteiger partial charge on any atom is -0.301 e.